The number of aromatic nitrogens is 2. The fraction of sp³-hybridized carbons (Fsp3) is 0.438. The minimum Gasteiger partial charge on any atom is -0.494 e. The van der Waals surface area contributed by atoms with Gasteiger partial charge in [-0.2, -0.15) is 0 Å². The number of rotatable bonds is 7. The third kappa shape index (κ3) is 3.36. The Bertz CT molecular complexity index is 638. The highest BCUT2D eigenvalue weighted by Crippen LogP contribution is 2.33. The summed E-state index contributed by atoms with van der Waals surface area (Å²) < 4.78 is 9.27. The van der Waals surface area contributed by atoms with Crippen molar-refractivity contribution in [1.82, 2.24) is 9.13 Å². The highest BCUT2D eigenvalue weighted by molar-refractivity contribution is 5.26. The van der Waals surface area contributed by atoms with Gasteiger partial charge in [-0.3, -0.25) is 9.13 Å². The zero-order chi connectivity index (χ0) is 14.7. The largest absolute Gasteiger partial charge is 0.494 e. The van der Waals surface area contributed by atoms with Crippen molar-refractivity contribution in [2.45, 2.75) is 38.4 Å². The first-order chi connectivity index (χ1) is 10.3. The van der Waals surface area contributed by atoms with E-state index in [-0.39, 0.29) is 5.69 Å². The van der Waals surface area contributed by atoms with Crippen LogP contribution < -0.4 is 16.2 Å². The summed E-state index contributed by atoms with van der Waals surface area (Å²) in [4.78, 5) is 12.1. The smallest absolute Gasteiger partial charge is 0.328 e. The van der Waals surface area contributed by atoms with Gasteiger partial charge in [0.05, 0.1) is 6.61 Å². The average Bonchev–Trinajstić information content (AvgIpc) is 3.29. The second-order valence-corrected chi connectivity index (χ2v) is 5.46. The van der Waals surface area contributed by atoms with Crippen molar-refractivity contribution in [3.05, 3.63) is 52.7 Å². The Morgan fingerprint density at radius 3 is 2.62 bits per heavy atom. The molecule has 112 valence electrons. The lowest BCUT2D eigenvalue weighted by molar-refractivity contribution is 0.300. The van der Waals surface area contributed by atoms with Crippen LogP contribution in [0.15, 0.2) is 41.5 Å². The molecule has 0 saturated heterocycles. The molecule has 0 radical (unpaired) electrons. The molecule has 1 aromatic carbocycles. The van der Waals surface area contributed by atoms with Crippen LogP contribution in [-0.2, 0) is 13.1 Å². The molecule has 0 unspecified atom stereocenters. The van der Waals surface area contributed by atoms with E-state index in [2.05, 4.69) is 0 Å². The number of benzene rings is 1. The lowest BCUT2D eigenvalue weighted by Gasteiger charge is -2.07. The maximum atomic E-state index is 12.1. The molecule has 0 atom stereocenters. The SMILES string of the molecule is NCc1ccc(OCCCn2ccn(C3CC3)c2=O)cc1. The van der Waals surface area contributed by atoms with Crippen molar-refractivity contribution in [3.8, 4) is 5.75 Å². The normalized spacial score (nSPS) is 14.3. The topological polar surface area (TPSA) is 62.2 Å². The quantitative estimate of drug-likeness (QED) is 0.791. The number of imidazole rings is 1. The number of hydrogen-bond donors (Lipinski definition) is 1. The van der Waals surface area contributed by atoms with Crippen LogP contribution in [0.1, 0.15) is 30.9 Å². The summed E-state index contributed by atoms with van der Waals surface area (Å²) in [6.07, 6.45) is 6.84. The van der Waals surface area contributed by atoms with Gasteiger partial charge in [0, 0.05) is 31.5 Å². The molecule has 0 bridgehead atoms. The molecular weight excluding hydrogens is 266 g/mol. The van der Waals surface area contributed by atoms with Crippen LogP contribution >= 0.6 is 0 Å². The minimum absolute atomic E-state index is 0.102. The second-order valence-electron chi connectivity index (χ2n) is 5.46. The highest BCUT2D eigenvalue weighted by atomic mass is 16.5. The monoisotopic (exact) mass is 287 g/mol. The predicted molar refractivity (Wildman–Crippen MR) is 81.4 cm³/mol. The fourth-order valence-corrected chi connectivity index (χ4v) is 2.38. The van der Waals surface area contributed by atoms with Crippen LogP contribution in [0.4, 0.5) is 0 Å². The second kappa shape index (κ2) is 6.18. The molecule has 5 heteroatoms. The fourth-order valence-electron chi connectivity index (χ4n) is 2.38. The van der Waals surface area contributed by atoms with E-state index in [1.165, 1.54) is 0 Å². The van der Waals surface area contributed by atoms with Gasteiger partial charge in [-0.1, -0.05) is 12.1 Å². The van der Waals surface area contributed by atoms with Crippen LogP contribution in [0.2, 0.25) is 0 Å². The van der Waals surface area contributed by atoms with Gasteiger partial charge < -0.3 is 10.5 Å². The molecule has 1 aliphatic rings. The highest BCUT2D eigenvalue weighted by Gasteiger charge is 2.25. The zero-order valence-corrected chi connectivity index (χ0v) is 12.1. The summed E-state index contributed by atoms with van der Waals surface area (Å²) in [7, 11) is 0. The van der Waals surface area contributed by atoms with Crippen molar-refractivity contribution in [2.75, 3.05) is 6.61 Å². The summed E-state index contributed by atoms with van der Waals surface area (Å²) in [5.41, 5.74) is 6.75. The summed E-state index contributed by atoms with van der Waals surface area (Å²) in [5.74, 6) is 0.843. The first kappa shape index (κ1) is 13.9. The molecule has 2 aromatic rings. The maximum absolute atomic E-state index is 12.1. The van der Waals surface area contributed by atoms with Crippen molar-refractivity contribution in [1.29, 1.82) is 0 Å². The van der Waals surface area contributed by atoms with E-state index in [9.17, 15) is 4.79 Å². The molecule has 1 aromatic heterocycles. The van der Waals surface area contributed by atoms with Gasteiger partial charge >= 0.3 is 5.69 Å². The Morgan fingerprint density at radius 2 is 1.95 bits per heavy atom. The van der Waals surface area contributed by atoms with E-state index >= 15 is 0 Å². The molecule has 2 N–H and O–H groups in total. The molecular formula is C16H21N3O2. The Morgan fingerprint density at radius 1 is 1.19 bits per heavy atom. The average molecular weight is 287 g/mol. The van der Waals surface area contributed by atoms with Crippen molar-refractivity contribution < 1.29 is 4.74 Å². The van der Waals surface area contributed by atoms with Gasteiger partial charge in [0.2, 0.25) is 0 Å². The van der Waals surface area contributed by atoms with Crippen LogP contribution in [0.3, 0.4) is 0 Å². The molecule has 1 saturated carbocycles. The van der Waals surface area contributed by atoms with Crippen LogP contribution in [0, 0.1) is 0 Å². The summed E-state index contributed by atoms with van der Waals surface area (Å²) in [5, 5.41) is 0. The molecule has 5 nitrogen and oxygen atoms in total. The maximum Gasteiger partial charge on any atom is 0.328 e. The van der Waals surface area contributed by atoms with E-state index in [0.717, 1.165) is 30.6 Å². The number of ether oxygens (including phenoxy) is 1. The first-order valence-electron chi connectivity index (χ1n) is 7.47. The van der Waals surface area contributed by atoms with E-state index < -0.39 is 0 Å². The Hall–Kier alpha value is -2.01. The van der Waals surface area contributed by atoms with Crippen LogP contribution in [-0.4, -0.2) is 15.7 Å². The lowest BCUT2D eigenvalue weighted by atomic mass is 10.2. The number of nitrogens with zero attached hydrogens (tertiary/aromatic N) is 2. The molecule has 0 aliphatic heterocycles. The Kier molecular flexibility index (Phi) is 4.10. The summed E-state index contributed by atoms with van der Waals surface area (Å²) in [6, 6.07) is 8.23. The van der Waals surface area contributed by atoms with Gasteiger partial charge in [0.1, 0.15) is 5.75 Å². The Balaban J connectivity index is 1.46. The molecule has 1 heterocycles. The zero-order valence-electron chi connectivity index (χ0n) is 12.1. The van der Waals surface area contributed by atoms with Gasteiger partial charge in [-0.25, -0.2) is 4.79 Å². The molecule has 0 amide bonds. The molecule has 1 aliphatic carbocycles. The van der Waals surface area contributed by atoms with Gasteiger partial charge in [-0.05, 0) is 37.0 Å². The van der Waals surface area contributed by atoms with Crippen LogP contribution in [0.25, 0.3) is 0 Å². The van der Waals surface area contributed by atoms with Gasteiger partial charge in [0.15, 0.2) is 0 Å². The van der Waals surface area contributed by atoms with E-state index in [1.807, 2.05) is 41.2 Å². The lowest BCUT2D eigenvalue weighted by Crippen LogP contribution is -2.24. The Labute approximate surface area is 124 Å². The number of nitrogens with two attached hydrogens (primary N) is 1. The summed E-state index contributed by atoms with van der Waals surface area (Å²) in [6.45, 7) is 1.84. The predicted octanol–water partition coefficient (Wildman–Crippen LogP) is 1.91. The van der Waals surface area contributed by atoms with E-state index in [0.29, 0.717) is 25.7 Å². The van der Waals surface area contributed by atoms with Crippen molar-refractivity contribution in [2.24, 2.45) is 5.73 Å². The molecule has 0 spiro atoms. The molecule has 21 heavy (non-hydrogen) atoms. The third-order valence-electron chi connectivity index (χ3n) is 3.79. The minimum atomic E-state index is 0.102. The van der Waals surface area contributed by atoms with Gasteiger partial charge in [0.25, 0.3) is 0 Å². The summed E-state index contributed by atoms with van der Waals surface area (Å²) >= 11 is 0. The standard InChI is InChI=1S/C16H21N3O2/c17-12-13-2-6-15(7-3-13)21-11-1-8-18-9-10-19(16(18)20)14-4-5-14/h2-3,6-7,9-10,14H,1,4-5,8,11-12,17H2. The third-order valence-corrected chi connectivity index (χ3v) is 3.79. The van der Waals surface area contributed by atoms with Crippen molar-refractivity contribution in [3.63, 3.8) is 0 Å². The van der Waals surface area contributed by atoms with E-state index in [1.54, 1.807) is 4.57 Å². The van der Waals surface area contributed by atoms with E-state index in [4.69, 9.17) is 10.5 Å². The van der Waals surface area contributed by atoms with Crippen LogP contribution in [0.5, 0.6) is 5.75 Å². The number of hydrogen-bond acceptors (Lipinski definition) is 3. The van der Waals surface area contributed by atoms with Gasteiger partial charge in [-0.15, -0.1) is 0 Å². The number of aryl methyl sites for hydroxylation is 1. The molecule has 3 rings (SSSR count). The molecule has 1 fully saturated rings. The first-order valence-corrected chi connectivity index (χ1v) is 7.47. The van der Waals surface area contributed by atoms with Crippen molar-refractivity contribution >= 4 is 0 Å².